The number of Topliss-reactive ketones (excluding diaryl/α,β-unsaturated/α-hetero) is 1. The highest BCUT2D eigenvalue weighted by atomic mass is 16.5. The summed E-state index contributed by atoms with van der Waals surface area (Å²) in [5.74, 6) is -1.90. The average Bonchev–Trinajstić information content (AvgIpc) is 2.53. The number of ketones is 1. The molecule has 0 aromatic carbocycles. The minimum atomic E-state index is -0.957. The van der Waals surface area contributed by atoms with E-state index in [1.54, 1.807) is 0 Å². The van der Waals surface area contributed by atoms with Crippen LogP contribution in [0.25, 0.3) is 0 Å². The number of rotatable bonds is 2. The van der Waals surface area contributed by atoms with Gasteiger partial charge in [-0.2, -0.15) is 0 Å². The maximum atomic E-state index is 10.8. The van der Waals surface area contributed by atoms with Crippen molar-refractivity contribution in [1.29, 1.82) is 0 Å². The quantitative estimate of drug-likeness (QED) is 0.342. The molecule has 11 heavy (non-hydrogen) atoms. The van der Waals surface area contributed by atoms with E-state index in [0.717, 1.165) is 7.11 Å². The molecule has 5 nitrogen and oxygen atoms in total. The number of ether oxygens (including phenoxy) is 1. The molecule has 0 aliphatic heterocycles. The molecule has 0 spiro atoms. The minimum Gasteiger partial charge on any atom is -0.463 e. The van der Waals surface area contributed by atoms with Gasteiger partial charge in [-0.05, 0) is 0 Å². The number of methoxy groups -OCH3 is 1. The van der Waals surface area contributed by atoms with Crippen LogP contribution in [-0.4, -0.2) is 24.0 Å². The average molecular weight is 155 g/mol. The normalized spacial score (nSPS) is 9.18. The summed E-state index contributed by atoms with van der Waals surface area (Å²) >= 11 is 0. The van der Waals surface area contributed by atoms with Crippen molar-refractivity contribution in [3.63, 3.8) is 0 Å². The van der Waals surface area contributed by atoms with Gasteiger partial charge in [-0.15, -0.1) is 0 Å². The molecule has 0 amide bonds. The van der Waals surface area contributed by atoms with Crippen LogP contribution in [-0.2, 0) is 9.53 Å². The second-order valence-corrected chi connectivity index (χ2v) is 1.70. The van der Waals surface area contributed by atoms with E-state index < -0.39 is 11.8 Å². The molecule has 0 unspecified atom stereocenters. The smallest absolute Gasteiger partial charge is 0.382 e. The number of esters is 1. The summed E-state index contributed by atoms with van der Waals surface area (Å²) < 4.78 is 8.58. The Morgan fingerprint density at radius 1 is 1.64 bits per heavy atom. The predicted octanol–water partition coefficient (Wildman–Crippen LogP) is 0.0303. The van der Waals surface area contributed by atoms with Crippen LogP contribution < -0.4 is 0 Å². The van der Waals surface area contributed by atoms with Gasteiger partial charge < -0.3 is 9.26 Å². The topological polar surface area (TPSA) is 69.4 Å². The fourth-order valence-corrected chi connectivity index (χ4v) is 0.526. The van der Waals surface area contributed by atoms with Crippen LogP contribution in [0.4, 0.5) is 0 Å². The summed E-state index contributed by atoms with van der Waals surface area (Å²) in [4.78, 5) is 21.4. The predicted molar refractivity (Wildman–Crippen MR) is 32.8 cm³/mol. The van der Waals surface area contributed by atoms with Crippen molar-refractivity contribution < 1.29 is 18.8 Å². The molecular formula is C6H5NO4. The number of nitrogens with zero attached hydrogens (tertiary/aromatic N) is 1. The van der Waals surface area contributed by atoms with E-state index in [2.05, 4.69) is 14.4 Å². The molecule has 0 radical (unpaired) electrons. The van der Waals surface area contributed by atoms with E-state index >= 15 is 0 Å². The Bertz CT molecular complexity index is 264. The fourth-order valence-electron chi connectivity index (χ4n) is 0.526. The number of carbonyl (C=O) groups excluding carboxylic acids is 2. The van der Waals surface area contributed by atoms with Gasteiger partial charge in [-0.25, -0.2) is 4.79 Å². The van der Waals surface area contributed by atoms with Gasteiger partial charge in [0.05, 0.1) is 13.3 Å². The molecule has 0 aliphatic rings. The molecular weight excluding hydrogens is 150 g/mol. The molecule has 0 aliphatic carbocycles. The van der Waals surface area contributed by atoms with Crippen molar-refractivity contribution in [2.75, 3.05) is 7.11 Å². The van der Waals surface area contributed by atoms with Crippen LogP contribution in [0.15, 0.2) is 16.8 Å². The highest BCUT2D eigenvalue weighted by molar-refractivity contribution is 6.39. The van der Waals surface area contributed by atoms with Gasteiger partial charge in [0.1, 0.15) is 0 Å². The van der Waals surface area contributed by atoms with Gasteiger partial charge in [-0.3, -0.25) is 4.79 Å². The van der Waals surface area contributed by atoms with Crippen molar-refractivity contribution in [3.05, 3.63) is 18.0 Å². The molecule has 0 atom stereocenters. The van der Waals surface area contributed by atoms with Crippen molar-refractivity contribution >= 4 is 11.8 Å². The van der Waals surface area contributed by atoms with Gasteiger partial charge in [0.2, 0.25) is 5.76 Å². The SMILES string of the molecule is COC(=O)C(=O)c1ccno1. The Morgan fingerprint density at radius 3 is 2.82 bits per heavy atom. The molecule has 0 bridgehead atoms. The molecule has 5 heteroatoms. The minimum absolute atomic E-state index is 0.114. The van der Waals surface area contributed by atoms with Crippen LogP contribution in [0.3, 0.4) is 0 Å². The summed E-state index contributed by atoms with van der Waals surface area (Å²) in [7, 11) is 1.12. The highest BCUT2D eigenvalue weighted by Crippen LogP contribution is 1.98. The fraction of sp³-hybridized carbons (Fsp3) is 0.167. The summed E-state index contributed by atoms with van der Waals surface area (Å²) in [5, 5.41) is 3.26. The van der Waals surface area contributed by atoms with Crippen LogP contribution >= 0.6 is 0 Å². The van der Waals surface area contributed by atoms with E-state index in [1.807, 2.05) is 0 Å². The third kappa shape index (κ3) is 1.43. The van der Waals surface area contributed by atoms with Crippen LogP contribution in [0.1, 0.15) is 10.6 Å². The molecule has 0 N–H and O–H groups in total. The third-order valence-corrected chi connectivity index (χ3v) is 1.03. The first-order valence-corrected chi connectivity index (χ1v) is 2.79. The summed E-state index contributed by atoms with van der Waals surface area (Å²) in [5.41, 5.74) is 0. The van der Waals surface area contributed by atoms with Crippen LogP contribution in [0.2, 0.25) is 0 Å². The summed E-state index contributed by atoms with van der Waals surface area (Å²) in [6.07, 6.45) is 1.27. The lowest BCUT2D eigenvalue weighted by Gasteiger charge is -1.91. The van der Waals surface area contributed by atoms with Crippen LogP contribution in [0, 0.1) is 0 Å². The first-order chi connectivity index (χ1) is 5.25. The zero-order valence-corrected chi connectivity index (χ0v) is 5.73. The molecule has 0 fully saturated rings. The lowest BCUT2D eigenvalue weighted by atomic mass is 10.3. The second kappa shape index (κ2) is 2.96. The largest absolute Gasteiger partial charge is 0.463 e. The second-order valence-electron chi connectivity index (χ2n) is 1.70. The maximum absolute atomic E-state index is 10.8. The van der Waals surface area contributed by atoms with E-state index in [0.29, 0.717) is 0 Å². The highest BCUT2D eigenvalue weighted by Gasteiger charge is 2.19. The number of carbonyl (C=O) groups is 2. The number of hydrogen-bond acceptors (Lipinski definition) is 5. The molecule has 1 heterocycles. The molecule has 1 aromatic heterocycles. The van der Waals surface area contributed by atoms with Crippen molar-refractivity contribution in [1.82, 2.24) is 5.16 Å². The Hall–Kier alpha value is -1.65. The zero-order chi connectivity index (χ0) is 8.27. The first kappa shape index (κ1) is 7.46. The van der Waals surface area contributed by atoms with Crippen molar-refractivity contribution in [3.8, 4) is 0 Å². The third-order valence-electron chi connectivity index (χ3n) is 1.03. The van der Waals surface area contributed by atoms with Crippen molar-refractivity contribution in [2.45, 2.75) is 0 Å². The van der Waals surface area contributed by atoms with Gasteiger partial charge in [0.15, 0.2) is 0 Å². The van der Waals surface area contributed by atoms with Gasteiger partial charge in [-0.1, -0.05) is 5.16 Å². The monoisotopic (exact) mass is 155 g/mol. The molecule has 58 valence electrons. The van der Waals surface area contributed by atoms with E-state index in [1.165, 1.54) is 12.3 Å². The summed E-state index contributed by atoms with van der Waals surface area (Å²) in [6.45, 7) is 0. The molecule has 0 saturated carbocycles. The van der Waals surface area contributed by atoms with E-state index in [-0.39, 0.29) is 5.76 Å². The van der Waals surface area contributed by atoms with E-state index in [4.69, 9.17) is 0 Å². The Kier molecular flexibility index (Phi) is 2.00. The van der Waals surface area contributed by atoms with Crippen LogP contribution in [0.5, 0.6) is 0 Å². The Labute approximate surface area is 61.9 Å². The lowest BCUT2D eigenvalue weighted by Crippen LogP contribution is -2.14. The lowest BCUT2D eigenvalue weighted by molar-refractivity contribution is -0.135. The van der Waals surface area contributed by atoms with Gasteiger partial charge >= 0.3 is 11.8 Å². The molecule has 1 rings (SSSR count). The summed E-state index contributed by atoms with van der Waals surface area (Å²) in [6, 6.07) is 1.29. The first-order valence-electron chi connectivity index (χ1n) is 2.79. The van der Waals surface area contributed by atoms with Crippen molar-refractivity contribution in [2.24, 2.45) is 0 Å². The van der Waals surface area contributed by atoms with Gasteiger partial charge in [0, 0.05) is 6.07 Å². The molecule has 1 aromatic rings. The standard InChI is InChI=1S/C6H5NO4/c1-10-6(9)5(8)4-2-3-7-11-4/h2-3H,1H3. The maximum Gasteiger partial charge on any atom is 0.382 e. The number of hydrogen-bond donors (Lipinski definition) is 0. The Balaban J connectivity index is 2.79. The van der Waals surface area contributed by atoms with E-state index in [9.17, 15) is 9.59 Å². The molecule has 0 saturated heterocycles. The Morgan fingerprint density at radius 2 is 2.36 bits per heavy atom. The van der Waals surface area contributed by atoms with Gasteiger partial charge in [0.25, 0.3) is 0 Å². The number of aromatic nitrogens is 1. The zero-order valence-electron chi connectivity index (χ0n) is 5.73.